The van der Waals surface area contributed by atoms with Crippen LogP contribution in [0.25, 0.3) is 6.08 Å². The number of anilines is 1. The first kappa shape index (κ1) is 26.3. The maximum absolute atomic E-state index is 13.3. The van der Waals surface area contributed by atoms with Gasteiger partial charge in [-0.15, -0.1) is 0 Å². The number of carbonyl (C=O) groups excluding carboxylic acids is 3. The summed E-state index contributed by atoms with van der Waals surface area (Å²) >= 11 is 3.51. The van der Waals surface area contributed by atoms with E-state index in [1.165, 1.54) is 6.08 Å². The smallest absolute Gasteiger partial charge is 0.335 e. The largest absolute Gasteiger partial charge is 0.490 e. The van der Waals surface area contributed by atoms with Gasteiger partial charge in [-0.2, -0.15) is 0 Å². The summed E-state index contributed by atoms with van der Waals surface area (Å²) in [6, 6.07) is 15.2. The second-order valence-corrected chi connectivity index (χ2v) is 9.56. The van der Waals surface area contributed by atoms with Crippen molar-refractivity contribution < 1.29 is 33.3 Å². The van der Waals surface area contributed by atoms with Crippen LogP contribution >= 0.6 is 15.9 Å². The molecule has 1 fully saturated rings. The summed E-state index contributed by atoms with van der Waals surface area (Å²) in [5.41, 5.74) is 2.62. The average molecular weight is 593 g/mol. The molecule has 0 bridgehead atoms. The molecular weight excluding hydrogens is 568 g/mol. The van der Waals surface area contributed by atoms with Crippen molar-refractivity contribution in [3.05, 3.63) is 81.3 Å². The highest BCUT2D eigenvalue weighted by atomic mass is 79.9. The van der Waals surface area contributed by atoms with Gasteiger partial charge in [0.1, 0.15) is 12.2 Å². The van der Waals surface area contributed by atoms with Gasteiger partial charge in [0, 0.05) is 4.47 Å². The third-order valence-corrected chi connectivity index (χ3v) is 6.89. The number of hydrogen-bond acceptors (Lipinski definition) is 7. The number of halogens is 1. The number of rotatable bonds is 8. The topological polar surface area (TPSA) is 103 Å². The molecule has 0 saturated carbocycles. The van der Waals surface area contributed by atoms with E-state index in [9.17, 15) is 14.4 Å². The second-order valence-electron chi connectivity index (χ2n) is 8.71. The Morgan fingerprint density at radius 3 is 2.38 bits per heavy atom. The maximum atomic E-state index is 13.3. The van der Waals surface area contributed by atoms with Gasteiger partial charge in [-0.25, -0.2) is 9.69 Å². The van der Waals surface area contributed by atoms with Gasteiger partial charge < -0.3 is 18.9 Å². The van der Waals surface area contributed by atoms with Crippen LogP contribution in [0.5, 0.6) is 23.0 Å². The van der Waals surface area contributed by atoms with Crippen LogP contribution in [0.4, 0.5) is 10.5 Å². The average Bonchev–Trinajstić information content (AvgIpc) is 3.40. The van der Waals surface area contributed by atoms with Crippen molar-refractivity contribution in [3.8, 4) is 23.0 Å². The quantitative estimate of drug-likeness (QED) is 0.276. The normalized spacial score (nSPS) is 15.5. The Kier molecular flexibility index (Phi) is 7.56. The van der Waals surface area contributed by atoms with E-state index in [1.807, 2.05) is 44.2 Å². The van der Waals surface area contributed by atoms with Crippen molar-refractivity contribution in [2.45, 2.75) is 26.9 Å². The lowest BCUT2D eigenvalue weighted by molar-refractivity contribution is -0.122. The Labute approximate surface area is 233 Å². The zero-order valence-corrected chi connectivity index (χ0v) is 22.9. The molecule has 9 nitrogen and oxygen atoms in total. The van der Waals surface area contributed by atoms with Gasteiger partial charge in [-0.3, -0.25) is 14.9 Å². The third kappa shape index (κ3) is 5.46. The van der Waals surface area contributed by atoms with Crippen LogP contribution in [0.1, 0.15) is 30.5 Å². The number of aryl methyl sites for hydroxylation is 1. The fourth-order valence-electron chi connectivity index (χ4n) is 4.16. The summed E-state index contributed by atoms with van der Waals surface area (Å²) in [6.07, 6.45) is 2.24. The monoisotopic (exact) mass is 592 g/mol. The van der Waals surface area contributed by atoms with Gasteiger partial charge in [-0.1, -0.05) is 41.1 Å². The molecule has 0 aromatic heterocycles. The SMILES string of the molecule is CCOc1cc(/C=C2/C(=O)NC(=O)N(c3ccc(CC)cc3)C2=O)c(Br)cc1OCc1ccc2c(c1)OCO2. The molecule has 10 heteroatoms. The molecule has 0 aliphatic carbocycles. The van der Waals surface area contributed by atoms with E-state index in [1.54, 1.807) is 24.3 Å². The first-order valence-corrected chi connectivity index (χ1v) is 13.1. The fraction of sp³-hybridized carbons (Fsp3) is 0.207. The Hall–Kier alpha value is -4.31. The molecule has 0 spiro atoms. The molecule has 2 heterocycles. The Bertz CT molecular complexity index is 1480. The summed E-state index contributed by atoms with van der Waals surface area (Å²) < 4.78 is 23.2. The Morgan fingerprint density at radius 2 is 1.64 bits per heavy atom. The molecule has 1 N–H and O–H groups in total. The molecule has 4 amide bonds. The maximum Gasteiger partial charge on any atom is 0.335 e. The van der Waals surface area contributed by atoms with E-state index in [0.717, 1.165) is 22.4 Å². The predicted molar refractivity (Wildman–Crippen MR) is 147 cm³/mol. The number of carbonyl (C=O) groups is 3. The molecule has 3 aromatic carbocycles. The number of hydrogen-bond donors (Lipinski definition) is 1. The van der Waals surface area contributed by atoms with Gasteiger partial charge in [0.15, 0.2) is 23.0 Å². The van der Waals surface area contributed by atoms with Gasteiger partial charge in [0.2, 0.25) is 6.79 Å². The fourth-order valence-corrected chi connectivity index (χ4v) is 4.60. The van der Waals surface area contributed by atoms with Crippen molar-refractivity contribution in [3.63, 3.8) is 0 Å². The highest BCUT2D eigenvalue weighted by Crippen LogP contribution is 2.37. The molecule has 39 heavy (non-hydrogen) atoms. The number of nitrogens with one attached hydrogen (secondary N) is 1. The van der Waals surface area contributed by atoms with Crippen LogP contribution in [-0.2, 0) is 22.6 Å². The summed E-state index contributed by atoms with van der Waals surface area (Å²) in [6.45, 7) is 4.66. The summed E-state index contributed by atoms with van der Waals surface area (Å²) in [7, 11) is 0. The minimum atomic E-state index is -0.798. The number of benzene rings is 3. The van der Waals surface area contributed by atoms with Crippen LogP contribution in [-0.4, -0.2) is 31.2 Å². The third-order valence-electron chi connectivity index (χ3n) is 6.20. The minimum absolute atomic E-state index is 0.189. The van der Waals surface area contributed by atoms with E-state index in [4.69, 9.17) is 18.9 Å². The molecular formula is C29H25BrN2O7. The summed E-state index contributed by atoms with van der Waals surface area (Å²) in [5.74, 6) is 0.748. The Morgan fingerprint density at radius 1 is 0.923 bits per heavy atom. The van der Waals surface area contributed by atoms with Crippen LogP contribution in [0, 0.1) is 0 Å². The summed E-state index contributed by atoms with van der Waals surface area (Å²) in [5, 5.41) is 2.25. The summed E-state index contributed by atoms with van der Waals surface area (Å²) in [4.78, 5) is 39.5. The van der Waals surface area contributed by atoms with Gasteiger partial charge in [-0.05, 0) is 72.5 Å². The molecule has 5 rings (SSSR count). The molecule has 200 valence electrons. The lowest BCUT2D eigenvalue weighted by atomic mass is 10.1. The molecule has 2 aliphatic rings. The van der Waals surface area contributed by atoms with Crippen molar-refractivity contribution in [1.29, 1.82) is 0 Å². The first-order valence-electron chi connectivity index (χ1n) is 12.4. The van der Waals surface area contributed by atoms with E-state index < -0.39 is 17.8 Å². The van der Waals surface area contributed by atoms with Crippen molar-refractivity contribution >= 4 is 45.5 Å². The van der Waals surface area contributed by atoms with Crippen molar-refractivity contribution in [2.24, 2.45) is 0 Å². The van der Waals surface area contributed by atoms with Crippen molar-refractivity contribution in [1.82, 2.24) is 5.32 Å². The van der Waals surface area contributed by atoms with Crippen molar-refractivity contribution in [2.75, 3.05) is 18.3 Å². The van der Waals surface area contributed by atoms with Crippen LogP contribution in [0.15, 0.2) is 64.6 Å². The molecule has 1 saturated heterocycles. The Balaban J connectivity index is 1.42. The number of urea groups is 1. The van der Waals surface area contributed by atoms with Gasteiger partial charge in [0.05, 0.1) is 12.3 Å². The van der Waals surface area contributed by atoms with E-state index in [2.05, 4.69) is 21.2 Å². The standard InChI is InChI=1S/C29H25BrN2O7/c1-3-17-5-8-20(9-6-17)32-28(34)21(27(33)31-29(32)35)12-19-13-25(36-4-2)26(14-22(19)30)37-15-18-7-10-23-24(11-18)39-16-38-23/h5-14H,3-4,15-16H2,1-2H3,(H,31,33,35)/b21-12-. The van der Waals surface area contributed by atoms with Crippen LogP contribution < -0.4 is 29.2 Å². The molecule has 3 aromatic rings. The van der Waals surface area contributed by atoms with Crippen LogP contribution in [0.3, 0.4) is 0 Å². The molecule has 0 unspecified atom stereocenters. The number of fused-ring (bicyclic) bond motifs is 1. The number of amides is 4. The minimum Gasteiger partial charge on any atom is -0.490 e. The predicted octanol–water partition coefficient (Wildman–Crippen LogP) is 5.38. The molecule has 0 atom stereocenters. The highest BCUT2D eigenvalue weighted by molar-refractivity contribution is 9.10. The lowest BCUT2D eigenvalue weighted by Crippen LogP contribution is -2.54. The number of imide groups is 2. The number of ether oxygens (including phenoxy) is 4. The zero-order valence-electron chi connectivity index (χ0n) is 21.3. The van der Waals surface area contributed by atoms with Gasteiger partial charge in [0.25, 0.3) is 11.8 Å². The van der Waals surface area contributed by atoms with Gasteiger partial charge >= 0.3 is 6.03 Å². The zero-order chi connectivity index (χ0) is 27.5. The van der Waals surface area contributed by atoms with E-state index >= 15 is 0 Å². The van der Waals surface area contributed by atoms with Crippen LogP contribution in [0.2, 0.25) is 0 Å². The highest BCUT2D eigenvalue weighted by Gasteiger charge is 2.37. The van der Waals surface area contributed by atoms with E-state index in [-0.39, 0.29) is 19.0 Å². The molecule has 2 aliphatic heterocycles. The number of nitrogens with zero attached hydrogens (tertiary/aromatic N) is 1. The molecule has 0 radical (unpaired) electrons. The second kappa shape index (κ2) is 11.2. The number of barbiturate groups is 1. The lowest BCUT2D eigenvalue weighted by Gasteiger charge is -2.26. The van der Waals surface area contributed by atoms with E-state index in [0.29, 0.717) is 45.3 Å². The first-order chi connectivity index (χ1) is 18.9.